The monoisotopic (exact) mass is 392 g/mol. The number of H-pyrrole nitrogens is 1. The Kier molecular flexibility index (Phi) is 4.79. The molecule has 1 aromatic carbocycles. The van der Waals surface area contributed by atoms with Crippen LogP contribution >= 0.6 is 11.8 Å². The fraction of sp³-hybridized carbons (Fsp3) is 0.150. The molecule has 7 nitrogen and oxygen atoms in total. The van der Waals surface area contributed by atoms with Gasteiger partial charge in [0.15, 0.2) is 0 Å². The molecule has 0 saturated heterocycles. The lowest BCUT2D eigenvalue weighted by Crippen LogP contribution is -2.60. The zero-order valence-electron chi connectivity index (χ0n) is 15.2. The van der Waals surface area contributed by atoms with Gasteiger partial charge in [-0.05, 0) is 28.9 Å². The van der Waals surface area contributed by atoms with Crippen LogP contribution in [0.25, 0.3) is 11.3 Å². The number of hydrogen-bond acceptors (Lipinski definition) is 5. The molecule has 28 heavy (non-hydrogen) atoms. The summed E-state index contributed by atoms with van der Waals surface area (Å²) in [5.74, 6) is 0.453. The molecule has 1 N–H and O–H groups in total. The van der Waals surface area contributed by atoms with Crippen LogP contribution in [0.15, 0.2) is 71.4 Å². The molecule has 1 amide bonds. The normalized spacial score (nSPS) is 14.9. The second-order valence-electron chi connectivity index (χ2n) is 6.22. The Hall–Kier alpha value is -3.26. The third-order valence-corrected chi connectivity index (χ3v) is 5.28. The maximum absolute atomic E-state index is 13.0. The highest BCUT2D eigenvalue weighted by molar-refractivity contribution is 7.99. The van der Waals surface area contributed by atoms with Crippen molar-refractivity contribution in [1.29, 1.82) is 0 Å². The number of nitrogens with zero attached hydrogens (tertiary/aromatic N) is 4. The number of rotatable bonds is 4. The fourth-order valence-corrected chi connectivity index (χ4v) is 3.93. The molecule has 3 aromatic rings. The van der Waals surface area contributed by atoms with Crippen molar-refractivity contribution in [2.75, 3.05) is 10.7 Å². The van der Waals surface area contributed by atoms with E-state index in [1.165, 1.54) is 18.7 Å². The first-order valence-corrected chi connectivity index (χ1v) is 9.69. The molecule has 0 unspecified atom stereocenters. The number of carbonyl (C=O) groups excluding carboxylic acids is 1. The van der Waals surface area contributed by atoms with E-state index >= 15 is 0 Å². The summed E-state index contributed by atoms with van der Waals surface area (Å²) in [6, 6.07) is 11.0. The SMILES string of the molecule is C=CCSc1n[n+]2c(c(=O)[nH]1)-c1ccccc1N(C(C)=O)[C@H]2c1cccnc1. The van der Waals surface area contributed by atoms with Gasteiger partial charge >= 0.3 is 11.3 Å². The summed E-state index contributed by atoms with van der Waals surface area (Å²) >= 11 is 1.37. The number of pyridine rings is 1. The van der Waals surface area contributed by atoms with E-state index in [9.17, 15) is 9.59 Å². The van der Waals surface area contributed by atoms with Gasteiger partial charge < -0.3 is 0 Å². The predicted octanol–water partition coefficient (Wildman–Crippen LogP) is 2.31. The second kappa shape index (κ2) is 7.40. The lowest BCUT2D eigenvalue weighted by molar-refractivity contribution is -0.763. The lowest BCUT2D eigenvalue weighted by Gasteiger charge is -2.31. The fourth-order valence-electron chi connectivity index (χ4n) is 3.34. The van der Waals surface area contributed by atoms with Gasteiger partial charge in [-0.25, -0.2) is 4.90 Å². The molecule has 4 rings (SSSR count). The van der Waals surface area contributed by atoms with Crippen LogP contribution in [0.1, 0.15) is 18.7 Å². The third-order valence-electron chi connectivity index (χ3n) is 4.42. The zero-order chi connectivity index (χ0) is 19.7. The van der Waals surface area contributed by atoms with Crippen LogP contribution in [0, 0.1) is 0 Å². The van der Waals surface area contributed by atoms with E-state index in [2.05, 4.69) is 21.6 Å². The number of carbonyl (C=O) groups is 1. The number of nitrogens with one attached hydrogen (secondary N) is 1. The van der Waals surface area contributed by atoms with Gasteiger partial charge in [-0.15, -0.1) is 6.58 Å². The van der Waals surface area contributed by atoms with Crippen LogP contribution in [0.2, 0.25) is 0 Å². The first-order chi connectivity index (χ1) is 13.6. The topological polar surface area (TPSA) is 82.8 Å². The molecule has 0 aliphatic carbocycles. The van der Waals surface area contributed by atoms with Gasteiger partial charge in [0.25, 0.3) is 6.17 Å². The number of fused-ring (bicyclic) bond motifs is 3. The molecular formula is C20H18N5O2S+. The first kappa shape index (κ1) is 18.1. The van der Waals surface area contributed by atoms with E-state index in [1.54, 1.807) is 34.1 Å². The molecule has 1 aliphatic heterocycles. The molecule has 0 radical (unpaired) electrons. The minimum atomic E-state index is -0.610. The van der Waals surface area contributed by atoms with Crippen molar-refractivity contribution in [3.63, 3.8) is 0 Å². The second-order valence-corrected chi connectivity index (χ2v) is 7.23. The maximum atomic E-state index is 13.0. The molecule has 3 heterocycles. The number of hydrogen-bond donors (Lipinski definition) is 1. The summed E-state index contributed by atoms with van der Waals surface area (Å²) in [6.45, 7) is 5.21. The largest absolute Gasteiger partial charge is 0.325 e. The van der Waals surface area contributed by atoms with Crippen molar-refractivity contribution in [2.45, 2.75) is 18.2 Å². The molecule has 8 heteroatoms. The molecular weight excluding hydrogens is 374 g/mol. The molecule has 1 aliphatic rings. The van der Waals surface area contributed by atoms with Gasteiger partial charge in [-0.2, -0.15) is 0 Å². The molecule has 0 fully saturated rings. The molecule has 0 saturated carbocycles. The van der Waals surface area contributed by atoms with E-state index in [1.807, 2.05) is 30.3 Å². The van der Waals surface area contributed by atoms with Crippen LogP contribution in [-0.4, -0.2) is 26.7 Å². The molecule has 0 spiro atoms. The van der Waals surface area contributed by atoms with E-state index < -0.39 is 6.17 Å². The summed E-state index contributed by atoms with van der Waals surface area (Å²) < 4.78 is 1.62. The predicted molar refractivity (Wildman–Crippen MR) is 107 cm³/mol. The number of aromatic nitrogens is 4. The number of benzene rings is 1. The highest BCUT2D eigenvalue weighted by atomic mass is 32.2. The quantitative estimate of drug-likeness (QED) is 0.419. The van der Waals surface area contributed by atoms with Crippen LogP contribution in [0.5, 0.6) is 0 Å². The summed E-state index contributed by atoms with van der Waals surface area (Å²) in [5.41, 5.74) is 2.24. The van der Waals surface area contributed by atoms with Crippen molar-refractivity contribution >= 4 is 23.4 Å². The van der Waals surface area contributed by atoms with Crippen molar-refractivity contribution < 1.29 is 9.48 Å². The van der Waals surface area contributed by atoms with Crippen LogP contribution in [0.4, 0.5) is 5.69 Å². The van der Waals surface area contributed by atoms with Crippen molar-refractivity contribution in [3.8, 4) is 11.3 Å². The summed E-state index contributed by atoms with van der Waals surface area (Å²) in [4.78, 5) is 34.3. The Morgan fingerprint density at radius 1 is 1.36 bits per heavy atom. The average Bonchev–Trinajstić information content (AvgIpc) is 2.71. The number of anilines is 1. The smallest absolute Gasteiger partial charge is 0.291 e. The first-order valence-electron chi connectivity index (χ1n) is 8.70. The van der Waals surface area contributed by atoms with Gasteiger partial charge in [0.1, 0.15) is 0 Å². The molecule has 140 valence electrons. The summed E-state index contributed by atoms with van der Waals surface area (Å²) in [6.07, 6.45) is 4.48. The van der Waals surface area contributed by atoms with E-state index in [0.29, 0.717) is 27.9 Å². The Labute approximate surface area is 165 Å². The van der Waals surface area contributed by atoms with Crippen molar-refractivity contribution in [3.05, 3.63) is 77.4 Å². The minimum Gasteiger partial charge on any atom is -0.291 e. The number of thioether (sulfide) groups is 1. The molecule has 2 aromatic heterocycles. The molecule has 1 atom stereocenters. The van der Waals surface area contributed by atoms with Crippen LogP contribution < -0.4 is 15.1 Å². The van der Waals surface area contributed by atoms with Gasteiger partial charge in [0, 0.05) is 30.2 Å². The Balaban J connectivity index is 2.03. The minimum absolute atomic E-state index is 0.151. The maximum Gasteiger partial charge on any atom is 0.325 e. The highest BCUT2D eigenvalue weighted by Gasteiger charge is 2.44. The lowest BCUT2D eigenvalue weighted by atomic mass is 10.0. The van der Waals surface area contributed by atoms with Gasteiger partial charge in [0.2, 0.25) is 11.1 Å². The van der Waals surface area contributed by atoms with Gasteiger partial charge in [0.05, 0.1) is 16.8 Å². The Bertz CT molecular complexity index is 1110. The van der Waals surface area contributed by atoms with Crippen molar-refractivity contribution in [1.82, 2.24) is 15.1 Å². The van der Waals surface area contributed by atoms with Crippen LogP contribution in [-0.2, 0) is 4.79 Å². The van der Waals surface area contributed by atoms with Gasteiger partial charge in [-0.3, -0.25) is 19.6 Å². The zero-order valence-corrected chi connectivity index (χ0v) is 16.0. The summed E-state index contributed by atoms with van der Waals surface area (Å²) in [5, 5.41) is 5.12. The Morgan fingerprint density at radius 2 is 2.18 bits per heavy atom. The van der Waals surface area contributed by atoms with Crippen molar-refractivity contribution in [2.24, 2.45) is 0 Å². The summed E-state index contributed by atoms with van der Waals surface area (Å²) in [7, 11) is 0. The van der Waals surface area contributed by atoms with Crippen LogP contribution in [0.3, 0.4) is 0 Å². The number of aromatic amines is 1. The molecule has 0 bridgehead atoms. The highest BCUT2D eigenvalue weighted by Crippen LogP contribution is 2.36. The van der Waals surface area contributed by atoms with E-state index in [-0.39, 0.29) is 11.5 Å². The standard InChI is InChI=1S/C20H17N5O2S/c1-3-11-28-20-22-18(27)17-15-8-4-5-9-16(15)24(13(2)26)19(25(17)23-20)14-7-6-10-21-12-14/h3-10,12,19H,1,11H2,2H3/p+1/t19-/m1/s1. The van der Waals surface area contributed by atoms with E-state index in [0.717, 1.165) is 5.56 Å². The Morgan fingerprint density at radius 3 is 2.89 bits per heavy atom. The third kappa shape index (κ3) is 3.01. The van der Waals surface area contributed by atoms with E-state index in [4.69, 9.17) is 0 Å². The number of amides is 1. The number of para-hydroxylation sites is 1. The van der Waals surface area contributed by atoms with Gasteiger partial charge in [-0.1, -0.05) is 30.0 Å². The average molecular weight is 392 g/mol.